The van der Waals surface area contributed by atoms with E-state index in [4.69, 9.17) is 0 Å². The summed E-state index contributed by atoms with van der Waals surface area (Å²) in [5, 5.41) is 3.31. The number of carbonyl (C=O) groups is 1. The number of amides is 1. The molecule has 2 heterocycles. The number of ether oxygens (including phenoxy) is 1. The SMILES string of the molecule is O=C(CCOCC(F)(F)F)N1CCCC1C1CCNCC1. The average molecular weight is 308 g/mol. The number of alkyl halides is 3. The second-order valence-corrected chi connectivity index (χ2v) is 5.80. The molecule has 0 spiro atoms. The molecule has 2 saturated heterocycles. The van der Waals surface area contributed by atoms with Crippen molar-refractivity contribution in [3.8, 4) is 0 Å². The minimum absolute atomic E-state index is 0.0392. The lowest BCUT2D eigenvalue weighted by Crippen LogP contribution is -2.44. The Kier molecular flexibility index (Phi) is 5.87. The Hall–Kier alpha value is -0.820. The van der Waals surface area contributed by atoms with Gasteiger partial charge in [-0.15, -0.1) is 0 Å². The molecule has 1 amide bonds. The van der Waals surface area contributed by atoms with E-state index in [0.717, 1.165) is 45.3 Å². The van der Waals surface area contributed by atoms with Crippen molar-refractivity contribution in [1.82, 2.24) is 10.2 Å². The molecule has 21 heavy (non-hydrogen) atoms. The number of hydrogen-bond donors (Lipinski definition) is 1. The van der Waals surface area contributed by atoms with Gasteiger partial charge in [0, 0.05) is 12.6 Å². The topological polar surface area (TPSA) is 41.6 Å². The lowest BCUT2D eigenvalue weighted by molar-refractivity contribution is -0.175. The van der Waals surface area contributed by atoms with Gasteiger partial charge in [0.2, 0.25) is 5.91 Å². The molecule has 122 valence electrons. The normalized spacial score (nSPS) is 24.5. The predicted octanol–water partition coefficient (Wildman–Crippen LogP) is 1.95. The van der Waals surface area contributed by atoms with Crippen LogP contribution >= 0.6 is 0 Å². The maximum absolute atomic E-state index is 12.2. The van der Waals surface area contributed by atoms with Crippen LogP contribution in [0.5, 0.6) is 0 Å². The van der Waals surface area contributed by atoms with Crippen LogP contribution in [0.1, 0.15) is 32.1 Å². The first-order valence-electron chi connectivity index (χ1n) is 7.62. The van der Waals surface area contributed by atoms with Crippen molar-refractivity contribution >= 4 is 5.91 Å². The zero-order chi connectivity index (χ0) is 15.3. The largest absolute Gasteiger partial charge is 0.411 e. The number of rotatable bonds is 5. The molecule has 0 aromatic heterocycles. The van der Waals surface area contributed by atoms with Crippen molar-refractivity contribution in [2.75, 3.05) is 32.8 Å². The minimum atomic E-state index is -4.33. The van der Waals surface area contributed by atoms with Crippen molar-refractivity contribution in [3.63, 3.8) is 0 Å². The highest BCUT2D eigenvalue weighted by Crippen LogP contribution is 2.29. The van der Waals surface area contributed by atoms with Crippen LogP contribution in [0.25, 0.3) is 0 Å². The van der Waals surface area contributed by atoms with E-state index in [1.807, 2.05) is 4.90 Å². The van der Waals surface area contributed by atoms with Crippen LogP contribution in [0.4, 0.5) is 13.2 Å². The monoisotopic (exact) mass is 308 g/mol. The Balaban J connectivity index is 1.75. The zero-order valence-corrected chi connectivity index (χ0v) is 12.1. The Morgan fingerprint density at radius 2 is 1.95 bits per heavy atom. The lowest BCUT2D eigenvalue weighted by atomic mass is 9.88. The third-order valence-corrected chi connectivity index (χ3v) is 4.27. The molecule has 0 aliphatic carbocycles. The van der Waals surface area contributed by atoms with Crippen LogP contribution in [0.15, 0.2) is 0 Å². The molecule has 0 saturated carbocycles. The number of likely N-dealkylation sites (tertiary alicyclic amines) is 1. The number of halogens is 3. The molecule has 4 nitrogen and oxygen atoms in total. The molecule has 0 aromatic carbocycles. The third kappa shape index (κ3) is 5.14. The number of piperidine rings is 1. The van der Waals surface area contributed by atoms with E-state index in [1.165, 1.54) is 0 Å². The van der Waals surface area contributed by atoms with Crippen LogP contribution in [0.3, 0.4) is 0 Å². The smallest absolute Gasteiger partial charge is 0.372 e. The Morgan fingerprint density at radius 1 is 1.24 bits per heavy atom. The summed E-state index contributed by atoms with van der Waals surface area (Å²) in [5.74, 6) is 0.451. The molecule has 1 unspecified atom stereocenters. The fraction of sp³-hybridized carbons (Fsp3) is 0.929. The van der Waals surface area contributed by atoms with E-state index in [-0.39, 0.29) is 25.0 Å². The lowest BCUT2D eigenvalue weighted by Gasteiger charge is -2.34. The van der Waals surface area contributed by atoms with Gasteiger partial charge < -0.3 is 15.0 Å². The van der Waals surface area contributed by atoms with Crippen molar-refractivity contribution in [1.29, 1.82) is 0 Å². The Bertz CT molecular complexity index is 344. The van der Waals surface area contributed by atoms with Gasteiger partial charge >= 0.3 is 6.18 Å². The number of nitrogens with one attached hydrogen (secondary N) is 1. The first kappa shape index (κ1) is 16.5. The molecule has 2 aliphatic rings. The Morgan fingerprint density at radius 3 is 2.62 bits per heavy atom. The van der Waals surface area contributed by atoms with E-state index >= 15 is 0 Å². The molecular formula is C14H23F3N2O2. The molecule has 0 bridgehead atoms. The second-order valence-electron chi connectivity index (χ2n) is 5.80. The standard InChI is InChI=1S/C14H23F3N2O2/c15-14(16,17)10-21-9-5-13(20)19-8-1-2-12(19)11-3-6-18-7-4-11/h11-12,18H,1-10H2. The van der Waals surface area contributed by atoms with Crippen LogP contribution in [-0.4, -0.2) is 55.9 Å². The van der Waals surface area contributed by atoms with Crippen molar-refractivity contribution in [3.05, 3.63) is 0 Å². The van der Waals surface area contributed by atoms with E-state index < -0.39 is 12.8 Å². The first-order valence-corrected chi connectivity index (χ1v) is 7.62. The van der Waals surface area contributed by atoms with E-state index in [9.17, 15) is 18.0 Å². The van der Waals surface area contributed by atoms with Crippen molar-refractivity contribution in [2.45, 2.75) is 44.3 Å². The van der Waals surface area contributed by atoms with Gasteiger partial charge in [0.1, 0.15) is 6.61 Å². The summed E-state index contributed by atoms with van der Waals surface area (Å²) in [5.41, 5.74) is 0. The molecule has 2 aliphatic heterocycles. The highest BCUT2D eigenvalue weighted by Gasteiger charge is 2.35. The first-order chi connectivity index (χ1) is 9.97. The summed E-state index contributed by atoms with van der Waals surface area (Å²) in [6.45, 7) is 1.26. The van der Waals surface area contributed by atoms with Crippen LogP contribution in [0, 0.1) is 5.92 Å². The van der Waals surface area contributed by atoms with Gasteiger partial charge in [-0.1, -0.05) is 0 Å². The molecule has 0 radical (unpaired) electrons. The molecule has 1 atom stereocenters. The summed E-state index contributed by atoms with van der Waals surface area (Å²) in [7, 11) is 0. The molecule has 1 N–H and O–H groups in total. The molecule has 0 aromatic rings. The highest BCUT2D eigenvalue weighted by atomic mass is 19.4. The van der Waals surface area contributed by atoms with Gasteiger partial charge in [-0.05, 0) is 44.7 Å². The average Bonchev–Trinajstić information content (AvgIpc) is 2.93. The summed E-state index contributed by atoms with van der Waals surface area (Å²) < 4.78 is 40.4. The van der Waals surface area contributed by atoms with Gasteiger partial charge in [-0.2, -0.15) is 13.2 Å². The van der Waals surface area contributed by atoms with Crippen LogP contribution < -0.4 is 5.32 Å². The van der Waals surface area contributed by atoms with Gasteiger partial charge in [-0.3, -0.25) is 4.79 Å². The van der Waals surface area contributed by atoms with E-state index in [1.54, 1.807) is 0 Å². The summed E-state index contributed by atoms with van der Waals surface area (Å²) in [4.78, 5) is 14.0. The minimum Gasteiger partial charge on any atom is -0.372 e. The maximum Gasteiger partial charge on any atom is 0.411 e. The fourth-order valence-electron chi connectivity index (χ4n) is 3.31. The summed E-state index contributed by atoms with van der Waals surface area (Å²) in [6.07, 6.45) is -0.145. The van der Waals surface area contributed by atoms with E-state index in [2.05, 4.69) is 10.1 Å². The van der Waals surface area contributed by atoms with Gasteiger partial charge in [0.05, 0.1) is 13.0 Å². The summed E-state index contributed by atoms with van der Waals surface area (Å²) in [6, 6.07) is 0.266. The molecule has 2 fully saturated rings. The van der Waals surface area contributed by atoms with Gasteiger partial charge in [0.25, 0.3) is 0 Å². The van der Waals surface area contributed by atoms with Crippen molar-refractivity contribution < 1.29 is 22.7 Å². The summed E-state index contributed by atoms with van der Waals surface area (Å²) >= 11 is 0. The maximum atomic E-state index is 12.2. The second kappa shape index (κ2) is 7.45. The van der Waals surface area contributed by atoms with E-state index in [0.29, 0.717) is 5.92 Å². The third-order valence-electron chi connectivity index (χ3n) is 4.27. The zero-order valence-electron chi connectivity index (χ0n) is 12.1. The van der Waals surface area contributed by atoms with Crippen molar-refractivity contribution in [2.24, 2.45) is 5.92 Å². The van der Waals surface area contributed by atoms with Crippen LogP contribution in [0.2, 0.25) is 0 Å². The predicted molar refractivity (Wildman–Crippen MR) is 71.8 cm³/mol. The quantitative estimate of drug-likeness (QED) is 0.789. The Labute approximate surface area is 123 Å². The fourth-order valence-corrected chi connectivity index (χ4v) is 3.31. The number of nitrogens with zero attached hydrogens (tertiary/aromatic N) is 1. The van der Waals surface area contributed by atoms with Gasteiger partial charge in [-0.25, -0.2) is 0 Å². The molecular weight excluding hydrogens is 285 g/mol. The van der Waals surface area contributed by atoms with Crippen LogP contribution in [-0.2, 0) is 9.53 Å². The van der Waals surface area contributed by atoms with Gasteiger partial charge in [0.15, 0.2) is 0 Å². The highest BCUT2D eigenvalue weighted by molar-refractivity contribution is 5.77. The molecule has 2 rings (SSSR count). The molecule has 7 heteroatoms. The number of hydrogen-bond acceptors (Lipinski definition) is 3. The number of carbonyl (C=O) groups excluding carboxylic acids is 1.